The first-order chi connectivity index (χ1) is 8.72. The average Bonchev–Trinajstić information content (AvgIpc) is 2.25. The number of hydrogen-bond donors (Lipinski definition) is 2. The molecule has 1 rings (SSSR count). The van der Waals surface area contributed by atoms with Gasteiger partial charge in [0.05, 0.1) is 0 Å². The predicted octanol–water partition coefficient (Wildman–Crippen LogP) is 3.66. The van der Waals surface area contributed by atoms with E-state index in [1.54, 1.807) is 0 Å². The first-order valence-corrected chi connectivity index (χ1v) is 7.06. The Morgan fingerprint density at radius 1 is 1.11 bits per heavy atom. The van der Waals surface area contributed by atoms with Gasteiger partial charge in [0.2, 0.25) is 0 Å². The number of aromatic nitrogens is 2. The molecular weight excluding hydrogens is 236 g/mol. The largest absolute Gasteiger partial charge is 0.373 e. The predicted molar refractivity (Wildman–Crippen MR) is 82.8 cm³/mol. The van der Waals surface area contributed by atoms with Gasteiger partial charge in [0.15, 0.2) is 0 Å². The highest BCUT2D eigenvalue weighted by Gasteiger charge is 2.19. The number of anilines is 2. The summed E-state index contributed by atoms with van der Waals surface area (Å²) in [5.41, 5.74) is -0.0510. The maximum absolute atomic E-state index is 4.64. The molecule has 1 aromatic heterocycles. The molecule has 0 aromatic carbocycles. The van der Waals surface area contributed by atoms with E-state index in [9.17, 15) is 0 Å². The Morgan fingerprint density at radius 2 is 1.68 bits per heavy atom. The van der Waals surface area contributed by atoms with Crippen LogP contribution in [0.2, 0.25) is 0 Å². The van der Waals surface area contributed by atoms with E-state index in [2.05, 4.69) is 62.1 Å². The lowest BCUT2D eigenvalue weighted by molar-refractivity contribution is 0.532. The Morgan fingerprint density at radius 3 is 2.16 bits per heavy atom. The van der Waals surface area contributed by atoms with Gasteiger partial charge in [0, 0.05) is 24.6 Å². The molecule has 1 unspecified atom stereocenters. The van der Waals surface area contributed by atoms with Crippen molar-refractivity contribution < 1.29 is 0 Å². The van der Waals surface area contributed by atoms with Crippen LogP contribution in [0.25, 0.3) is 0 Å². The zero-order valence-electron chi connectivity index (χ0n) is 13.3. The van der Waals surface area contributed by atoms with Crippen LogP contribution in [0.5, 0.6) is 0 Å². The molecule has 0 aliphatic carbocycles. The summed E-state index contributed by atoms with van der Waals surface area (Å²) in [6.45, 7) is 13.0. The number of rotatable bonds is 5. The second kappa shape index (κ2) is 6.22. The van der Waals surface area contributed by atoms with Gasteiger partial charge in [-0.2, -0.15) is 0 Å². The molecule has 2 N–H and O–H groups in total. The molecule has 1 aromatic rings. The fourth-order valence-electron chi connectivity index (χ4n) is 2.00. The highest BCUT2D eigenvalue weighted by atomic mass is 15.1. The van der Waals surface area contributed by atoms with Crippen molar-refractivity contribution in [2.75, 3.05) is 17.7 Å². The van der Waals surface area contributed by atoms with Crippen LogP contribution in [0.3, 0.4) is 0 Å². The maximum atomic E-state index is 4.64. The monoisotopic (exact) mass is 264 g/mol. The zero-order valence-corrected chi connectivity index (χ0v) is 13.3. The molecule has 0 saturated heterocycles. The SMILES string of the molecule is CNc1cc(NC(C)CC(C)C)nc(C(C)(C)C)n1. The lowest BCUT2D eigenvalue weighted by atomic mass is 9.96. The molecule has 0 aliphatic rings. The van der Waals surface area contributed by atoms with Crippen LogP contribution in [0.15, 0.2) is 6.07 Å². The van der Waals surface area contributed by atoms with Gasteiger partial charge in [0.25, 0.3) is 0 Å². The Labute approximate surface area is 117 Å². The summed E-state index contributed by atoms with van der Waals surface area (Å²) in [5.74, 6) is 3.30. The van der Waals surface area contributed by atoms with E-state index in [-0.39, 0.29) is 5.41 Å². The van der Waals surface area contributed by atoms with E-state index in [4.69, 9.17) is 0 Å². The smallest absolute Gasteiger partial charge is 0.138 e. The molecular formula is C15H28N4. The second-order valence-corrected chi connectivity index (χ2v) is 6.64. The van der Waals surface area contributed by atoms with Crippen LogP contribution in [-0.4, -0.2) is 23.1 Å². The minimum atomic E-state index is -0.0510. The Hall–Kier alpha value is -1.32. The molecule has 0 radical (unpaired) electrons. The summed E-state index contributed by atoms with van der Waals surface area (Å²) < 4.78 is 0. The third-order valence-corrected chi connectivity index (χ3v) is 2.87. The quantitative estimate of drug-likeness (QED) is 0.852. The van der Waals surface area contributed by atoms with Gasteiger partial charge < -0.3 is 10.6 Å². The van der Waals surface area contributed by atoms with Crippen molar-refractivity contribution in [1.29, 1.82) is 0 Å². The van der Waals surface area contributed by atoms with Gasteiger partial charge in [-0.15, -0.1) is 0 Å². The van der Waals surface area contributed by atoms with Crippen molar-refractivity contribution in [2.45, 2.75) is 59.4 Å². The van der Waals surface area contributed by atoms with Crippen LogP contribution in [0.4, 0.5) is 11.6 Å². The molecule has 108 valence electrons. The first-order valence-electron chi connectivity index (χ1n) is 7.06. The van der Waals surface area contributed by atoms with Crippen molar-refractivity contribution in [1.82, 2.24) is 9.97 Å². The molecule has 19 heavy (non-hydrogen) atoms. The normalized spacial score (nSPS) is 13.5. The third-order valence-electron chi connectivity index (χ3n) is 2.87. The molecule has 0 aliphatic heterocycles. The summed E-state index contributed by atoms with van der Waals surface area (Å²) in [6.07, 6.45) is 1.13. The first kappa shape index (κ1) is 15.7. The lowest BCUT2D eigenvalue weighted by Crippen LogP contribution is -2.22. The molecule has 0 fully saturated rings. The van der Waals surface area contributed by atoms with Gasteiger partial charge in [-0.3, -0.25) is 0 Å². The fourth-order valence-corrected chi connectivity index (χ4v) is 2.00. The van der Waals surface area contributed by atoms with Crippen LogP contribution in [-0.2, 0) is 5.41 Å². The van der Waals surface area contributed by atoms with Crippen LogP contribution >= 0.6 is 0 Å². The van der Waals surface area contributed by atoms with Crippen molar-refractivity contribution in [3.8, 4) is 0 Å². The summed E-state index contributed by atoms with van der Waals surface area (Å²) in [7, 11) is 1.89. The van der Waals surface area contributed by atoms with E-state index in [1.165, 1.54) is 0 Å². The van der Waals surface area contributed by atoms with Crippen molar-refractivity contribution >= 4 is 11.6 Å². The van der Waals surface area contributed by atoms with Crippen molar-refractivity contribution in [3.63, 3.8) is 0 Å². The standard InChI is InChI=1S/C15H28N4/c1-10(2)8-11(3)17-13-9-12(16-7)18-14(19-13)15(4,5)6/h9-11H,8H2,1-7H3,(H2,16,17,18,19). The van der Waals surface area contributed by atoms with Gasteiger partial charge in [-0.05, 0) is 19.3 Å². The highest BCUT2D eigenvalue weighted by molar-refractivity contribution is 5.48. The average molecular weight is 264 g/mol. The van der Waals surface area contributed by atoms with Gasteiger partial charge in [-0.1, -0.05) is 34.6 Å². The zero-order chi connectivity index (χ0) is 14.6. The Kier molecular flexibility index (Phi) is 5.15. The van der Waals surface area contributed by atoms with Crippen LogP contribution < -0.4 is 10.6 Å². The topological polar surface area (TPSA) is 49.8 Å². The molecule has 0 spiro atoms. The fraction of sp³-hybridized carbons (Fsp3) is 0.733. The number of nitrogens with one attached hydrogen (secondary N) is 2. The number of hydrogen-bond acceptors (Lipinski definition) is 4. The van der Waals surface area contributed by atoms with Crippen molar-refractivity contribution in [3.05, 3.63) is 11.9 Å². The summed E-state index contributed by atoms with van der Waals surface area (Å²) >= 11 is 0. The molecule has 4 heteroatoms. The number of nitrogens with zero attached hydrogens (tertiary/aromatic N) is 2. The Bertz CT molecular complexity index is 407. The molecule has 1 atom stereocenters. The summed E-state index contributed by atoms with van der Waals surface area (Å²) in [6, 6.07) is 2.37. The minimum absolute atomic E-state index is 0.0510. The third kappa shape index (κ3) is 5.05. The van der Waals surface area contributed by atoms with Crippen LogP contribution in [0, 0.1) is 5.92 Å². The van der Waals surface area contributed by atoms with E-state index >= 15 is 0 Å². The van der Waals surface area contributed by atoms with Crippen LogP contribution in [0.1, 0.15) is 53.8 Å². The van der Waals surface area contributed by atoms with E-state index in [1.807, 2.05) is 13.1 Å². The van der Waals surface area contributed by atoms with Gasteiger partial charge in [0.1, 0.15) is 17.5 Å². The highest BCUT2D eigenvalue weighted by Crippen LogP contribution is 2.22. The minimum Gasteiger partial charge on any atom is -0.373 e. The Balaban J connectivity index is 2.94. The molecule has 0 bridgehead atoms. The van der Waals surface area contributed by atoms with E-state index in [0.717, 1.165) is 23.9 Å². The second-order valence-electron chi connectivity index (χ2n) is 6.64. The van der Waals surface area contributed by atoms with Gasteiger partial charge in [-0.25, -0.2) is 9.97 Å². The molecule has 0 saturated carbocycles. The van der Waals surface area contributed by atoms with E-state index < -0.39 is 0 Å². The lowest BCUT2D eigenvalue weighted by Gasteiger charge is -2.21. The summed E-state index contributed by atoms with van der Waals surface area (Å²) in [5, 5.41) is 6.57. The van der Waals surface area contributed by atoms with Gasteiger partial charge >= 0.3 is 0 Å². The van der Waals surface area contributed by atoms with Crippen molar-refractivity contribution in [2.24, 2.45) is 5.92 Å². The maximum Gasteiger partial charge on any atom is 0.138 e. The molecule has 1 heterocycles. The molecule has 4 nitrogen and oxygen atoms in total. The molecule has 0 amide bonds. The van der Waals surface area contributed by atoms with E-state index in [0.29, 0.717) is 12.0 Å². The summed E-state index contributed by atoms with van der Waals surface area (Å²) in [4.78, 5) is 9.17.